The van der Waals surface area contributed by atoms with Crippen LogP contribution in [0.1, 0.15) is 53.6 Å². The van der Waals surface area contributed by atoms with E-state index in [1.807, 2.05) is 13.8 Å². The number of aliphatic hydroxyl groups excluding tert-OH is 1. The van der Waals surface area contributed by atoms with E-state index in [2.05, 4.69) is 0 Å². The Bertz CT molecular complexity index is 1440. The van der Waals surface area contributed by atoms with E-state index in [9.17, 15) is 27.9 Å². The van der Waals surface area contributed by atoms with E-state index >= 15 is 4.39 Å². The number of carbonyl (C=O) groups excluding carboxylic acids is 2. The zero-order valence-electron chi connectivity index (χ0n) is 21.1. The van der Waals surface area contributed by atoms with Crippen molar-refractivity contribution in [2.45, 2.75) is 38.9 Å². The minimum Gasteiger partial charge on any atom is -0.507 e. The first-order chi connectivity index (χ1) is 17.9. The monoisotopic (exact) mass is 527 g/mol. The fourth-order valence-corrected chi connectivity index (χ4v) is 4.63. The van der Waals surface area contributed by atoms with Crippen molar-refractivity contribution in [2.75, 3.05) is 12.0 Å². The highest BCUT2D eigenvalue weighted by atomic mass is 19.4. The molecule has 9 heteroatoms. The van der Waals surface area contributed by atoms with Gasteiger partial charge in [0.25, 0.3) is 11.7 Å². The zero-order chi connectivity index (χ0) is 27.9. The summed E-state index contributed by atoms with van der Waals surface area (Å²) in [5, 5.41) is 11.5. The number of aliphatic hydroxyl groups is 1. The molecule has 0 saturated carbocycles. The van der Waals surface area contributed by atoms with E-state index in [-0.39, 0.29) is 28.3 Å². The maximum Gasteiger partial charge on any atom is 0.416 e. The number of hydrogen-bond donors (Lipinski definition) is 1. The first-order valence-corrected chi connectivity index (χ1v) is 11.8. The Kier molecular flexibility index (Phi) is 7.06. The Balaban J connectivity index is 1.97. The Morgan fingerprint density at radius 3 is 2.21 bits per heavy atom. The van der Waals surface area contributed by atoms with Crippen LogP contribution in [0.2, 0.25) is 0 Å². The minimum absolute atomic E-state index is 0.0194. The number of aryl methyl sites for hydroxylation is 1. The average molecular weight is 528 g/mol. The van der Waals surface area contributed by atoms with Gasteiger partial charge in [0.15, 0.2) is 0 Å². The van der Waals surface area contributed by atoms with Crippen LogP contribution < -0.4 is 9.64 Å². The van der Waals surface area contributed by atoms with Crippen LogP contribution in [0.25, 0.3) is 5.76 Å². The summed E-state index contributed by atoms with van der Waals surface area (Å²) in [6.45, 7) is 5.52. The lowest BCUT2D eigenvalue weighted by molar-refractivity contribution is -0.137. The number of methoxy groups -OCH3 is 1. The topological polar surface area (TPSA) is 66.8 Å². The number of halogens is 4. The molecule has 1 aliphatic rings. The summed E-state index contributed by atoms with van der Waals surface area (Å²) in [4.78, 5) is 27.5. The molecule has 3 aromatic rings. The molecule has 3 aromatic carbocycles. The second-order valence-corrected chi connectivity index (χ2v) is 9.30. The van der Waals surface area contributed by atoms with Crippen LogP contribution in [0.4, 0.5) is 23.2 Å². The standard InChI is InChI=1S/C29H25F4NO4/c1-15(2)20-14-21(16(3)13-23(20)38-4)26(35)24-25(19-7-5-6-8-22(19)30)34(28(37)27(24)36)18-11-9-17(10-12-18)29(31,32)33/h5-15,25,35H,1-4H3/b26-24+. The molecule has 1 fully saturated rings. The molecular formula is C29H25F4NO4. The van der Waals surface area contributed by atoms with Crippen LogP contribution in [0.15, 0.2) is 66.2 Å². The third-order valence-corrected chi connectivity index (χ3v) is 6.57. The number of rotatable bonds is 5. The fraction of sp³-hybridized carbons (Fsp3) is 0.241. The molecule has 0 aliphatic carbocycles. The van der Waals surface area contributed by atoms with Crippen LogP contribution in [-0.2, 0) is 15.8 Å². The molecule has 1 heterocycles. The van der Waals surface area contributed by atoms with Gasteiger partial charge in [-0.05, 0) is 66.4 Å². The minimum atomic E-state index is -4.61. The predicted molar refractivity (Wildman–Crippen MR) is 134 cm³/mol. The molecule has 0 bridgehead atoms. The van der Waals surface area contributed by atoms with Gasteiger partial charge in [0.1, 0.15) is 17.3 Å². The predicted octanol–water partition coefficient (Wildman–Crippen LogP) is 6.91. The van der Waals surface area contributed by atoms with E-state index in [1.165, 1.54) is 25.3 Å². The summed E-state index contributed by atoms with van der Waals surface area (Å²) in [5.41, 5.74) is 0.0560. The molecule has 1 unspecified atom stereocenters. The molecule has 0 spiro atoms. The maximum atomic E-state index is 15.1. The van der Waals surface area contributed by atoms with Gasteiger partial charge in [0, 0.05) is 16.8 Å². The van der Waals surface area contributed by atoms with Gasteiger partial charge in [-0.1, -0.05) is 32.0 Å². The summed E-state index contributed by atoms with van der Waals surface area (Å²) >= 11 is 0. The highest BCUT2D eigenvalue weighted by Crippen LogP contribution is 2.44. The van der Waals surface area contributed by atoms with Crippen LogP contribution >= 0.6 is 0 Å². The lowest BCUT2D eigenvalue weighted by Crippen LogP contribution is -2.30. The Morgan fingerprint density at radius 1 is 1.03 bits per heavy atom. The van der Waals surface area contributed by atoms with E-state index < -0.39 is 41.0 Å². The van der Waals surface area contributed by atoms with E-state index in [0.717, 1.165) is 40.8 Å². The molecule has 1 amide bonds. The van der Waals surface area contributed by atoms with Gasteiger partial charge in [-0.2, -0.15) is 13.2 Å². The first kappa shape index (κ1) is 26.9. The number of hydrogen-bond acceptors (Lipinski definition) is 4. The largest absolute Gasteiger partial charge is 0.507 e. The molecule has 0 radical (unpaired) electrons. The van der Waals surface area contributed by atoms with Crippen molar-refractivity contribution in [1.29, 1.82) is 0 Å². The first-order valence-electron chi connectivity index (χ1n) is 11.8. The van der Waals surface area contributed by atoms with Gasteiger partial charge in [-0.3, -0.25) is 14.5 Å². The fourth-order valence-electron chi connectivity index (χ4n) is 4.63. The lowest BCUT2D eigenvalue weighted by Gasteiger charge is -2.26. The second kappa shape index (κ2) is 9.96. The molecule has 4 rings (SSSR count). The number of carbonyl (C=O) groups is 2. The van der Waals surface area contributed by atoms with Gasteiger partial charge >= 0.3 is 6.18 Å². The number of Topliss-reactive ketones (excluding diaryl/α,β-unsaturated/α-hetero) is 1. The van der Waals surface area contributed by atoms with Gasteiger partial charge in [-0.25, -0.2) is 4.39 Å². The second-order valence-electron chi connectivity index (χ2n) is 9.30. The average Bonchev–Trinajstić information content (AvgIpc) is 3.13. The molecule has 1 atom stereocenters. The molecule has 38 heavy (non-hydrogen) atoms. The molecule has 198 valence electrons. The highest BCUT2D eigenvalue weighted by molar-refractivity contribution is 6.51. The third kappa shape index (κ3) is 4.64. The van der Waals surface area contributed by atoms with E-state index in [0.29, 0.717) is 11.3 Å². The Hall–Kier alpha value is -4.14. The summed E-state index contributed by atoms with van der Waals surface area (Å²) in [6.07, 6.45) is -4.61. The highest BCUT2D eigenvalue weighted by Gasteiger charge is 2.48. The number of alkyl halides is 3. The normalized spacial score (nSPS) is 17.4. The quantitative estimate of drug-likeness (QED) is 0.169. The molecular weight excluding hydrogens is 502 g/mol. The van der Waals surface area contributed by atoms with Crippen molar-refractivity contribution in [2.24, 2.45) is 0 Å². The molecule has 1 N–H and O–H groups in total. The summed E-state index contributed by atoms with van der Waals surface area (Å²) in [6, 6.07) is 11.0. The van der Waals surface area contributed by atoms with Crippen LogP contribution in [-0.4, -0.2) is 23.9 Å². The van der Waals surface area contributed by atoms with Crippen molar-refractivity contribution >= 4 is 23.1 Å². The lowest BCUT2D eigenvalue weighted by atomic mass is 9.90. The summed E-state index contributed by atoms with van der Waals surface area (Å²) < 4.78 is 59.9. The summed E-state index contributed by atoms with van der Waals surface area (Å²) in [7, 11) is 1.51. The van der Waals surface area contributed by atoms with Gasteiger partial charge in [0.2, 0.25) is 0 Å². The molecule has 1 aliphatic heterocycles. The smallest absolute Gasteiger partial charge is 0.416 e. The van der Waals surface area contributed by atoms with Crippen molar-refractivity contribution in [3.05, 3.63) is 99.9 Å². The van der Waals surface area contributed by atoms with E-state index in [4.69, 9.17) is 4.74 Å². The maximum absolute atomic E-state index is 15.1. The van der Waals surface area contributed by atoms with Crippen LogP contribution in [0.3, 0.4) is 0 Å². The zero-order valence-corrected chi connectivity index (χ0v) is 21.1. The number of nitrogens with zero attached hydrogens (tertiary/aromatic N) is 1. The number of amides is 1. The molecule has 5 nitrogen and oxygen atoms in total. The van der Waals surface area contributed by atoms with Gasteiger partial charge < -0.3 is 9.84 Å². The van der Waals surface area contributed by atoms with Crippen molar-refractivity contribution in [3.63, 3.8) is 0 Å². The third-order valence-electron chi connectivity index (χ3n) is 6.57. The molecule has 1 saturated heterocycles. The summed E-state index contributed by atoms with van der Waals surface area (Å²) in [5.74, 6) is -2.91. The van der Waals surface area contributed by atoms with Crippen molar-refractivity contribution in [3.8, 4) is 5.75 Å². The van der Waals surface area contributed by atoms with Crippen molar-refractivity contribution in [1.82, 2.24) is 0 Å². The van der Waals surface area contributed by atoms with Crippen LogP contribution in [0.5, 0.6) is 5.75 Å². The van der Waals surface area contributed by atoms with Gasteiger partial charge in [-0.15, -0.1) is 0 Å². The molecule has 0 aromatic heterocycles. The van der Waals surface area contributed by atoms with E-state index in [1.54, 1.807) is 19.1 Å². The SMILES string of the molecule is COc1cc(C)c(/C(O)=C2\C(=O)C(=O)N(c3ccc(C(F)(F)F)cc3)C2c2ccccc2F)cc1C(C)C. The number of anilines is 1. The number of ether oxygens (including phenoxy) is 1. The number of ketones is 1. The van der Waals surface area contributed by atoms with Crippen LogP contribution in [0, 0.1) is 12.7 Å². The van der Waals surface area contributed by atoms with Crippen molar-refractivity contribution < 1.29 is 37.0 Å². The Morgan fingerprint density at radius 2 is 1.66 bits per heavy atom. The number of benzene rings is 3. The van der Waals surface area contributed by atoms with Gasteiger partial charge in [0.05, 0.1) is 24.3 Å². The Labute approximate surface area is 217 Å².